The van der Waals surface area contributed by atoms with Gasteiger partial charge in [-0.3, -0.25) is 4.79 Å². The summed E-state index contributed by atoms with van der Waals surface area (Å²) in [5.74, 6) is -0.681. The maximum atomic E-state index is 13.3. The highest BCUT2D eigenvalue weighted by Crippen LogP contribution is 2.70. The zero-order valence-electron chi connectivity index (χ0n) is 12.4. The second-order valence-electron chi connectivity index (χ2n) is 6.85. The van der Waals surface area contributed by atoms with Gasteiger partial charge in [0.05, 0.1) is 0 Å². The molecule has 0 atom stereocenters. The van der Waals surface area contributed by atoms with E-state index in [9.17, 15) is 9.18 Å². The van der Waals surface area contributed by atoms with Gasteiger partial charge in [0.15, 0.2) is 0 Å². The van der Waals surface area contributed by atoms with Crippen molar-refractivity contribution in [3.63, 3.8) is 0 Å². The lowest BCUT2D eigenvalue weighted by atomic mass is 9.42. The maximum Gasteiger partial charge on any atom is 0.303 e. The van der Waals surface area contributed by atoms with E-state index in [-0.39, 0.29) is 5.41 Å². The monoisotopic (exact) mass is 282 g/mol. The van der Waals surface area contributed by atoms with Gasteiger partial charge >= 0.3 is 5.97 Å². The van der Waals surface area contributed by atoms with Crippen LogP contribution in [0.2, 0.25) is 0 Å². The van der Waals surface area contributed by atoms with Crippen molar-refractivity contribution < 1.29 is 14.3 Å². The molecule has 3 aliphatic carbocycles. The van der Waals surface area contributed by atoms with Crippen molar-refractivity contribution in [1.82, 2.24) is 0 Å². The van der Waals surface area contributed by atoms with E-state index in [1.54, 1.807) is 0 Å². The molecule has 0 aromatic rings. The van der Waals surface area contributed by atoms with Crippen LogP contribution in [0.25, 0.3) is 0 Å². The van der Waals surface area contributed by atoms with Crippen molar-refractivity contribution in [1.29, 1.82) is 0 Å². The molecule has 3 saturated carbocycles. The van der Waals surface area contributed by atoms with Crippen LogP contribution in [0, 0.1) is 5.41 Å². The number of hydrogen-bond acceptors (Lipinski definition) is 1. The van der Waals surface area contributed by atoms with Gasteiger partial charge in [-0.1, -0.05) is 44.3 Å². The van der Waals surface area contributed by atoms with Crippen LogP contribution in [0.4, 0.5) is 4.39 Å². The lowest BCUT2D eigenvalue weighted by molar-refractivity contribution is -0.182. The van der Waals surface area contributed by atoms with E-state index >= 15 is 0 Å². The molecule has 20 heavy (non-hydrogen) atoms. The van der Waals surface area contributed by atoms with Gasteiger partial charge in [0, 0.05) is 6.42 Å². The first-order valence-corrected chi connectivity index (χ1v) is 8.12. The van der Waals surface area contributed by atoms with Crippen LogP contribution in [-0.2, 0) is 4.79 Å². The van der Waals surface area contributed by atoms with E-state index in [1.165, 1.54) is 25.7 Å². The number of alkyl halides is 1. The van der Waals surface area contributed by atoms with Crippen LogP contribution in [-0.4, -0.2) is 16.7 Å². The lowest BCUT2D eigenvalue weighted by Crippen LogP contribution is -2.63. The number of aliphatic carboxylic acids is 1. The molecule has 2 bridgehead atoms. The van der Waals surface area contributed by atoms with Gasteiger partial charge in [-0.05, 0) is 43.9 Å². The molecule has 0 heterocycles. The Morgan fingerprint density at radius 1 is 1.00 bits per heavy atom. The van der Waals surface area contributed by atoms with Crippen molar-refractivity contribution in [3.05, 3.63) is 12.2 Å². The fraction of sp³-hybridized carbons (Fsp3) is 0.824. The van der Waals surface area contributed by atoms with Gasteiger partial charge < -0.3 is 5.11 Å². The van der Waals surface area contributed by atoms with Crippen LogP contribution in [0.3, 0.4) is 0 Å². The van der Waals surface area contributed by atoms with Gasteiger partial charge in [-0.2, -0.15) is 0 Å². The Labute approximate surface area is 121 Å². The molecule has 3 rings (SSSR count). The van der Waals surface area contributed by atoms with Gasteiger partial charge in [0.1, 0.15) is 5.67 Å². The number of carboxylic acid groups (broad SMARTS) is 1. The Morgan fingerprint density at radius 2 is 1.55 bits per heavy atom. The predicted octanol–water partition coefficient (Wildman–Crippen LogP) is 5.03. The summed E-state index contributed by atoms with van der Waals surface area (Å²) < 4.78 is 13.3. The third kappa shape index (κ3) is 4.32. The summed E-state index contributed by atoms with van der Waals surface area (Å²) in [6.45, 7) is 0. The largest absolute Gasteiger partial charge is 0.481 e. The highest BCUT2D eigenvalue weighted by Gasteiger charge is 2.67. The number of carbonyl (C=O) groups is 1. The average molecular weight is 282 g/mol. The molecule has 3 aliphatic rings. The molecule has 0 unspecified atom stereocenters. The second-order valence-corrected chi connectivity index (χ2v) is 6.85. The Balaban J connectivity index is 1.34. The number of rotatable bonds is 11. The predicted molar refractivity (Wildman–Crippen MR) is 78.5 cm³/mol. The number of carboxylic acids is 1. The quantitative estimate of drug-likeness (QED) is 0.426. The summed E-state index contributed by atoms with van der Waals surface area (Å²) >= 11 is 0. The van der Waals surface area contributed by atoms with Crippen molar-refractivity contribution in [3.8, 4) is 0 Å². The summed E-state index contributed by atoms with van der Waals surface area (Å²) in [5, 5.41) is 8.51. The number of halogens is 1. The normalized spacial score (nSPS) is 31.1. The topological polar surface area (TPSA) is 37.3 Å². The molecular formula is C17H27FO2. The maximum absolute atomic E-state index is 13.3. The van der Waals surface area contributed by atoms with Gasteiger partial charge in [-0.15, -0.1) is 0 Å². The fourth-order valence-corrected chi connectivity index (χ4v) is 3.67. The zero-order valence-corrected chi connectivity index (χ0v) is 12.4. The van der Waals surface area contributed by atoms with E-state index < -0.39 is 11.6 Å². The number of unbranched alkanes of at least 4 members (excludes halogenated alkanes) is 7. The molecule has 0 saturated heterocycles. The van der Waals surface area contributed by atoms with Crippen molar-refractivity contribution in [2.75, 3.05) is 0 Å². The second kappa shape index (κ2) is 6.73. The van der Waals surface area contributed by atoms with Crippen molar-refractivity contribution >= 4 is 5.97 Å². The molecule has 0 radical (unpaired) electrons. The van der Waals surface area contributed by atoms with Crippen LogP contribution in [0.1, 0.15) is 77.0 Å². The smallest absolute Gasteiger partial charge is 0.303 e. The van der Waals surface area contributed by atoms with Crippen LogP contribution in [0.15, 0.2) is 12.2 Å². The highest BCUT2D eigenvalue weighted by molar-refractivity contribution is 5.66. The molecule has 0 amide bonds. The molecule has 1 N–H and O–H groups in total. The van der Waals surface area contributed by atoms with Gasteiger partial charge in [0.25, 0.3) is 0 Å². The summed E-state index contributed by atoms with van der Waals surface area (Å²) in [5.41, 5.74) is -0.510. The highest BCUT2D eigenvalue weighted by atomic mass is 19.1. The molecular weight excluding hydrogens is 255 g/mol. The number of allylic oxidation sites excluding steroid dienone is 2. The Kier molecular flexibility index (Phi) is 5.22. The molecule has 0 spiro atoms. The van der Waals surface area contributed by atoms with E-state index in [1.807, 2.05) is 0 Å². The summed E-state index contributed by atoms with van der Waals surface area (Å²) in [7, 11) is 0. The molecule has 0 aromatic carbocycles. The van der Waals surface area contributed by atoms with Crippen LogP contribution < -0.4 is 0 Å². The minimum absolute atomic E-state index is 0.263. The van der Waals surface area contributed by atoms with Crippen molar-refractivity contribution in [2.24, 2.45) is 5.41 Å². The minimum atomic E-state index is -0.773. The molecule has 114 valence electrons. The first-order valence-electron chi connectivity index (χ1n) is 8.12. The fourth-order valence-electron chi connectivity index (χ4n) is 3.67. The zero-order chi connectivity index (χ0) is 14.5. The van der Waals surface area contributed by atoms with E-state index in [2.05, 4.69) is 12.2 Å². The SMILES string of the molecule is O=C(O)CCCCCCCCC/C=C/C12CC(F)(C1)C2. The molecule has 2 nitrogen and oxygen atoms in total. The van der Waals surface area contributed by atoms with E-state index in [4.69, 9.17) is 5.11 Å². The molecule has 0 aromatic heterocycles. The van der Waals surface area contributed by atoms with Gasteiger partial charge in [-0.25, -0.2) is 4.39 Å². The molecule has 3 fully saturated rings. The third-order valence-corrected chi connectivity index (χ3v) is 4.74. The standard InChI is InChI=1S/C17H27FO2/c18-17-12-16(13-17,14-17)11-9-7-5-3-1-2-4-6-8-10-15(19)20/h9,11H,1-8,10,12-14H2,(H,19,20)/b11-9+. The van der Waals surface area contributed by atoms with E-state index in [0.29, 0.717) is 6.42 Å². The van der Waals surface area contributed by atoms with Crippen LogP contribution in [0.5, 0.6) is 0 Å². The summed E-state index contributed by atoms with van der Waals surface area (Å²) in [6.07, 6.45) is 16.2. The summed E-state index contributed by atoms with van der Waals surface area (Å²) in [4.78, 5) is 10.3. The lowest BCUT2D eigenvalue weighted by Gasteiger charge is -2.64. The minimum Gasteiger partial charge on any atom is -0.481 e. The Morgan fingerprint density at radius 3 is 2.10 bits per heavy atom. The Hall–Kier alpha value is -0.860. The molecule has 0 aliphatic heterocycles. The van der Waals surface area contributed by atoms with Gasteiger partial charge in [0.2, 0.25) is 0 Å². The first-order chi connectivity index (χ1) is 9.54. The van der Waals surface area contributed by atoms with Crippen molar-refractivity contribution in [2.45, 2.75) is 82.7 Å². The Bertz CT molecular complexity index is 342. The first kappa shape index (κ1) is 15.5. The summed E-state index contributed by atoms with van der Waals surface area (Å²) in [6, 6.07) is 0. The number of hydrogen-bond donors (Lipinski definition) is 1. The molecule has 3 heteroatoms. The average Bonchev–Trinajstić information content (AvgIpc) is 2.31. The van der Waals surface area contributed by atoms with Crippen LogP contribution >= 0.6 is 0 Å². The van der Waals surface area contributed by atoms with E-state index in [0.717, 1.165) is 44.9 Å². The third-order valence-electron chi connectivity index (χ3n) is 4.74.